The van der Waals surface area contributed by atoms with Crippen LogP contribution in [0.3, 0.4) is 0 Å². The number of hydrogen-bond acceptors (Lipinski definition) is 2. The lowest BCUT2D eigenvalue weighted by Crippen LogP contribution is -2.51. The van der Waals surface area contributed by atoms with Gasteiger partial charge in [0.2, 0.25) is 5.91 Å². The van der Waals surface area contributed by atoms with Crippen LogP contribution in [0.2, 0.25) is 0 Å². The van der Waals surface area contributed by atoms with E-state index in [1.165, 1.54) is 0 Å². The highest BCUT2D eigenvalue weighted by Crippen LogP contribution is 2.47. The van der Waals surface area contributed by atoms with Crippen molar-refractivity contribution in [1.82, 2.24) is 4.90 Å². The van der Waals surface area contributed by atoms with Crippen LogP contribution in [0.4, 0.5) is 0 Å². The Balaban J connectivity index is 1.98. The number of hydrogen-bond donors (Lipinski definition) is 0. The molecule has 1 aliphatic heterocycles. The maximum absolute atomic E-state index is 11.6. The molecule has 2 fully saturated rings. The minimum Gasteiger partial charge on any atom is -0.341 e. The molecule has 0 radical (unpaired) electrons. The first-order valence-electron chi connectivity index (χ1n) is 4.38. The van der Waals surface area contributed by atoms with Crippen LogP contribution in [0.15, 0.2) is 0 Å². The van der Waals surface area contributed by atoms with Gasteiger partial charge in [0, 0.05) is 13.1 Å². The van der Waals surface area contributed by atoms with Crippen LogP contribution in [0.25, 0.3) is 0 Å². The molecule has 0 aromatic carbocycles. The summed E-state index contributed by atoms with van der Waals surface area (Å²) in [6.45, 7) is 3.82. The molecule has 0 aromatic heterocycles. The zero-order chi connectivity index (χ0) is 8.77. The maximum Gasteiger partial charge on any atom is 0.243 e. The van der Waals surface area contributed by atoms with E-state index in [0.717, 1.165) is 25.9 Å². The summed E-state index contributed by atoms with van der Waals surface area (Å²) in [5.74, 6) is 0.701. The lowest BCUT2D eigenvalue weighted by Gasteiger charge is -2.38. The van der Waals surface area contributed by atoms with Gasteiger partial charge >= 0.3 is 0 Å². The first-order chi connectivity index (χ1) is 5.68. The third kappa shape index (κ3) is 0.911. The molecular weight excluding hydrogens is 152 g/mol. The Kier molecular flexibility index (Phi) is 1.41. The Bertz CT molecular complexity index is 256. The second-order valence-corrected chi connectivity index (χ2v) is 4.01. The van der Waals surface area contributed by atoms with Crippen LogP contribution in [0.5, 0.6) is 0 Å². The molecule has 0 aromatic rings. The number of likely N-dealkylation sites (tertiary alicyclic amines) is 1. The van der Waals surface area contributed by atoms with E-state index in [0.29, 0.717) is 5.92 Å². The lowest BCUT2D eigenvalue weighted by molar-refractivity contribution is -0.140. The molecule has 0 atom stereocenters. The predicted octanol–water partition coefficient (Wildman–Crippen LogP) is 0.768. The minimum atomic E-state index is -0.597. The summed E-state index contributed by atoms with van der Waals surface area (Å²) >= 11 is 0. The largest absolute Gasteiger partial charge is 0.341 e. The van der Waals surface area contributed by atoms with Crippen LogP contribution in [0.1, 0.15) is 19.8 Å². The standard InChI is InChI=1S/C9H12N2O/c1-7-4-11(5-7)8(12)9(6-10)2-3-9/h7H,2-5H2,1H3. The molecule has 1 amide bonds. The summed E-state index contributed by atoms with van der Waals surface area (Å²) in [6, 6.07) is 2.12. The van der Waals surface area contributed by atoms with E-state index in [2.05, 4.69) is 13.0 Å². The van der Waals surface area contributed by atoms with Gasteiger partial charge in [0.15, 0.2) is 0 Å². The summed E-state index contributed by atoms with van der Waals surface area (Å²) in [4.78, 5) is 13.4. The van der Waals surface area contributed by atoms with Gasteiger partial charge in [-0.2, -0.15) is 5.26 Å². The Morgan fingerprint density at radius 3 is 2.50 bits per heavy atom. The molecule has 1 saturated heterocycles. The zero-order valence-electron chi connectivity index (χ0n) is 7.21. The van der Waals surface area contributed by atoms with Crippen LogP contribution < -0.4 is 0 Å². The molecule has 1 saturated carbocycles. The number of carbonyl (C=O) groups excluding carboxylic acids is 1. The van der Waals surface area contributed by atoms with E-state index < -0.39 is 5.41 Å². The summed E-state index contributed by atoms with van der Waals surface area (Å²) in [7, 11) is 0. The third-order valence-electron chi connectivity index (χ3n) is 2.72. The van der Waals surface area contributed by atoms with Crippen molar-refractivity contribution in [3.63, 3.8) is 0 Å². The monoisotopic (exact) mass is 164 g/mol. The molecule has 2 aliphatic rings. The molecule has 0 unspecified atom stereocenters. The van der Waals surface area contributed by atoms with Gasteiger partial charge in [-0.15, -0.1) is 0 Å². The average Bonchev–Trinajstić information content (AvgIpc) is 2.78. The van der Waals surface area contributed by atoms with Crippen LogP contribution in [-0.2, 0) is 4.79 Å². The predicted molar refractivity (Wildman–Crippen MR) is 43.0 cm³/mol. The lowest BCUT2D eigenvalue weighted by atomic mass is 9.98. The van der Waals surface area contributed by atoms with Gasteiger partial charge in [0.05, 0.1) is 6.07 Å². The fraction of sp³-hybridized carbons (Fsp3) is 0.778. The van der Waals surface area contributed by atoms with Gasteiger partial charge < -0.3 is 4.90 Å². The summed E-state index contributed by atoms with van der Waals surface area (Å²) < 4.78 is 0. The number of amides is 1. The summed E-state index contributed by atoms with van der Waals surface area (Å²) in [5.41, 5.74) is -0.597. The van der Waals surface area contributed by atoms with E-state index in [9.17, 15) is 4.79 Å². The number of nitrogens with zero attached hydrogens (tertiary/aromatic N) is 2. The molecule has 0 spiro atoms. The van der Waals surface area contributed by atoms with Gasteiger partial charge in [-0.1, -0.05) is 6.92 Å². The van der Waals surface area contributed by atoms with Crippen LogP contribution in [-0.4, -0.2) is 23.9 Å². The fourth-order valence-corrected chi connectivity index (χ4v) is 1.67. The highest BCUT2D eigenvalue weighted by Gasteiger charge is 2.53. The summed E-state index contributed by atoms with van der Waals surface area (Å²) in [6.07, 6.45) is 1.54. The average molecular weight is 164 g/mol. The van der Waals surface area contributed by atoms with Gasteiger partial charge in [-0.25, -0.2) is 0 Å². The van der Waals surface area contributed by atoms with Crippen molar-refractivity contribution in [1.29, 1.82) is 5.26 Å². The first-order valence-corrected chi connectivity index (χ1v) is 4.38. The van der Waals surface area contributed by atoms with Crippen molar-refractivity contribution in [2.75, 3.05) is 13.1 Å². The highest BCUT2D eigenvalue weighted by atomic mass is 16.2. The quantitative estimate of drug-likeness (QED) is 0.574. The molecule has 0 N–H and O–H groups in total. The molecular formula is C9H12N2O. The molecule has 1 heterocycles. The molecule has 2 rings (SSSR count). The Labute approximate surface area is 72.0 Å². The Morgan fingerprint density at radius 2 is 2.17 bits per heavy atom. The van der Waals surface area contributed by atoms with Gasteiger partial charge in [0.1, 0.15) is 5.41 Å². The number of rotatable bonds is 1. The first kappa shape index (κ1) is 7.60. The second kappa shape index (κ2) is 2.22. The Hall–Kier alpha value is -1.04. The third-order valence-corrected chi connectivity index (χ3v) is 2.72. The topological polar surface area (TPSA) is 44.1 Å². The number of carbonyl (C=O) groups is 1. The van der Waals surface area contributed by atoms with Crippen LogP contribution >= 0.6 is 0 Å². The van der Waals surface area contributed by atoms with Crippen molar-refractivity contribution < 1.29 is 4.79 Å². The van der Waals surface area contributed by atoms with Gasteiger partial charge in [-0.05, 0) is 18.8 Å². The van der Waals surface area contributed by atoms with E-state index >= 15 is 0 Å². The number of nitriles is 1. The van der Waals surface area contributed by atoms with E-state index in [-0.39, 0.29) is 5.91 Å². The molecule has 12 heavy (non-hydrogen) atoms. The molecule has 1 aliphatic carbocycles. The van der Waals surface area contributed by atoms with E-state index in [1.54, 1.807) is 4.90 Å². The van der Waals surface area contributed by atoms with Crippen molar-refractivity contribution in [3.05, 3.63) is 0 Å². The molecule has 3 heteroatoms. The van der Waals surface area contributed by atoms with Crippen molar-refractivity contribution in [3.8, 4) is 6.07 Å². The van der Waals surface area contributed by atoms with Crippen LogP contribution in [0, 0.1) is 22.7 Å². The maximum atomic E-state index is 11.6. The van der Waals surface area contributed by atoms with E-state index in [1.807, 2.05) is 0 Å². The van der Waals surface area contributed by atoms with Crippen molar-refractivity contribution in [2.24, 2.45) is 11.3 Å². The van der Waals surface area contributed by atoms with Crippen molar-refractivity contribution in [2.45, 2.75) is 19.8 Å². The molecule has 3 nitrogen and oxygen atoms in total. The van der Waals surface area contributed by atoms with Gasteiger partial charge in [-0.3, -0.25) is 4.79 Å². The smallest absolute Gasteiger partial charge is 0.243 e. The molecule has 0 bridgehead atoms. The highest BCUT2D eigenvalue weighted by molar-refractivity contribution is 5.88. The fourth-order valence-electron chi connectivity index (χ4n) is 1.67. The summed E-state index contributed by atoms with van der Waals surface area (Å²) in [5, 5.41) is 8.76. The molecule has 64 valence electrons. The SMILES string of the molecule is CC1CN(C(=O)C2(C#N)CC2)C1. The minimum absolute atomic E-state index is 0.0723. The normalized spacial score (nSPS) is 25.8. The van der Waals surface area contributed by atoms with Crippen molar-refractivity contribution >= 4 is 5.91 Å². The second-order valence-electron chi connectivity index (χ2n) is 4.01. The van der Waals surface area contributed by atoms with Gasteiger partial charge in [0.25, 0.3) is 0 Å². The zero-order valence-corrected chi connectivity index (χ0v) is 7.21. The Morgan fingerprint density at radius 1 is 1.58 bits per heavy atom. The van der Waals surface area contributed by atoms with E-state index in [4.69, 9.17) is 5.26 Å².